The van der Waals surface area contributed by atoms with Crippen molar-refractivity contribution in [1.29, 1.82) is 0 Å². The molecule has 23 heavy (non-hydrogen) atoms. The Hall–Kier alpha value is -2.17. The van der Waals surface area contributed by atoms with Gasteiger partial charge in [-0.05, 0) is 37.1 Å². The number of rotatable bonds is 6. The maximum atomic E-state index is 5.37. The van der Waals surface area contributed by atoms with E-state index < -0.39 is 0 Å². The van der Waals surface area contributed by atoms with E-state index in [0.29, 0.717) is 12.6 Å². The lowest BCUT2D eigenvalue weighted by Crippen LogP contribution is -2.44. The summed E-state index contributed by atoms with van der Waals surface area (Å²) >= 11 is 0. The Bertz CT molecular complexity index is 569. The number of aliphatic imine (C=N–C) groups is 1. The molecular formula is C18H25N3O2. The minimum atomic E-state index is 0.523. The first-order valence-electron chi connectivity index (χ1n) is 8.50. The van der Waals surface area contributed by atoms with E-state index in [-0.39, 0.29) is 0 Å². The first-order chi connectivity index (χ1) is 11.4. The van der Waals surface area contributed by atoms with Crippen molar-refractivity contribution in [2.24, 2.45) is 4.99 Å². The van der Waals surface area contributed by atoms with Crippen LogP contribution in [0.15, 0.2) is 50.6 Å². The first-order valence-corrected chi connectivity index (χ1v) is 8.50. The zero-order valence-corrected chi connectivity index (χ0v) is 13.5. The van der Waals surface area contributed by atoms with Crippen LogP contribution in [0.5, 0.6) is 0 Å². The summed E-state index contributed by atoms with van der Waals surface area (Å²) in [7, 11) is 0. The highest BCUT2D eigenvalue weighted by molar-refractivity contribution is 5.80. The molecule has 0 unspecified atom stereocenters. The SMILES string of the molecule is c1coc(CCNC(=NCc2ccco2)NC2CCCCC2)c1. The number of guanidine groups is 1. The summed E-state index contributed by atoms with van der Waals surface area (Å²) in [6, 6.07) is 8.28. The van der Waals surface area contributed by atoms with Crippen LogP contribution in [0.25, 0.3) is 0 Å². The molecule has 1 saturated carbocycles. The Balaban J connectivity index is 1.54. The Kier molecular flexibility index (Phi) is 5.78. The van der Waals surface area contributed by atoms with Gasteiger partial charge in [0.05, 0.1) is 12.5 Å². The van der Waals surface area contributed by atoms with Crippen molar-refractivity contribution < 1.29 is 8.83 Å². The monoisotopic (exact) mass is 315 g/mol. The molecule has 0 bridgehead atoms. The Labute approximate surface area is 137 Å². The Morgan fingerprint density at radius 3 is 2.48 bits per heavy atom. The van der Waals surface area contributed by atoms with E-state index in [1.165, 1.54) is 32.1 Å². The van der Waals surface area contributed by atoms with Crippen molar-refractivity contribution in [1.82, 2.24) is 10.6 Å². The molecule has 0 aliphatic heterocycles. The van der Waals surface area contributed by atoms with Crippen LogP contribution in [0, 0.1) is 0 Å². The van der Waals surface area contributed by atoms with Gasteiger partial charge in [0.25, 0.3) is 0 Å². The van der Waals surface area contributed by atoms with Crippen molar-refractivity contribution in [3.8, 4) is 0 Å². The molecule has 0 spiro atoms. The number of hydrogen-bond acceptors (Lipinski definition) is 3. The fraction of sp³-hybridized carbons (Fsp3) is 0.500. The van der Waals surface area contributed by atoms with Crippen molar-refractivity contribution >= 4 is 5.96 Å². The molecule has 5 nitrogen and oxygen atoms in total. The van der Waals surface area contributed by atoms with E-state index in [1.54, 1.807) is 12.5 Å². The van der Waals surface area contributed by atoms with Crippen LogP contribution in [0.1, 0.15) is 43.6 Å². The molecular weight excluding hydrogens is 290 g/mol. The minimum Gasteiger partial charge on any atom is -0.469 e. The van der Waals surface area contributed by atoms with Gasteiger partial charge in [-0.15, -0.1) is 0 Å². The highest BCUT2D eigenvalue weighted by atomic mass is 16.3. The second kappa shape index (κ2) is 8.46. The van der Waals surface area contributed by atoms with Crippen molar-refractivity contribution in [2.45, 2.75) is 51.1 Å². The average Bonchev–Trinajstić information content (AvgIpc) is 3.27. The van der Waals surface area contributed by atoms with Gasteiger partial charge in [-0.25, -0.2) is 4.99 Å². The van der Waals surface area contributed by atoms with E-state index in [9.17, 15) is 0 Å². The summed E-state index contributed by atoms with van der Waals surface area (Å²) in [5.74, 6) is 2.72. The van der Waals surface area contributed by atoms with Gasteiger partial charge in [0.15, 0.2) is 5.96 Å². The fourth-order valence-electron chi connectivity index (χ4n) is 2.91. The summed E-state index contributed by atoms with van der Waals surface area (Å²) in [6.07, 6.45) is 10.6. The highest BCUT2D eigenvalue weighted by Crippen LogP contribution is 2.17. The normalized spacial score (nSPS) is 16.4. The van der Waals surface area contributed by atoms with Gasteiger partial charge in [0.2, 0.25) is 0 Å². The molecule has 2 N–H and O–H groups in total. The lowest BCUT2D eigenvalue weighted by molar-refractivity contribution is 0.409. The van der Waals surface area contributed by atoms with E-state index in [0.717, 1.165) is 30.4 Å². The van der Waals surface area contributed by atoms with Gasteiger partial charge in [0.1, 0.15) is 18.1 Å². The summed E-state index contributed by atoms with van der Waals surface area (Å²) in [4.78, 5) is 4.65. The standard InChI is InChI=1S/C18H25N3O2/c1-2-6-15(7-3-1)21-18(20-14-17-9-5-13-23-17)19-11-10-16-8-4-12-22-16/h4-5,8-9,12-13,15H,1-3,6-7,10-11,14H2,(H2,19,20,21). The second-order valence-corrected chi connectivity index (χ2v) is 5.98. The third-order valence-corrected chi connectivity index (χ3v) is 4.16. The molecule has 0 saturated heterocycles. The van der Waals surface area contributed by atoms with Crippen LogP contribution in [0.4, 0.5) is 0 Å². The number of nitrogens with zero attached hydrogens (tertiary/aromatic N) is 1. The molecule has 1 fully saturated rings. The largest absolute Gasteiger partial charge is 0.469 e. The highest BCUT2D eigenvalue weighted by Gasteiger charge is 2.14. The molecule has 1 aliphatic rings. The van der Waals surface area contributed by atoms with Gasteiger partial charge >= 0.3 is 0 Å². The van der Waals surface area contributed by atoms with Crippen LogP contribution in [0.3, 0.4) is 0 Å². The quantitative estimate of drug-likeness (QED) is 0.633. The summed E-state index contributed by atoms with van der Waals surface area (Å²) in [6.45, 7) is 1.35. The fourth-order valence-corrected chi connectivity index (χ4v) is 2.91. The Morgan fingerprint density at radius 2 is 1.78 bits per heavy atom. The van der Waals surface area contributed by atoms with Crippen molar-refractivity contribution in [3.63, 3.8) is 0 Å². The van der Waals surface area contributed by atoms with E-state index in [4.69, 9.17) is 8.83 Å². The zero-order chi connectivity index (χ0) is 15.7. The number of nitrogens with one attached hydrogen (secondary N) is 2. The molecule has 1 aliphatic carbocycles. The van der Waals surface area contributed by atoms with E-state index in [2.05, 4.69) is 15.6 Å². The molecule has 2 aromatic rings. The third-order valence-electron chi connectivity index (χ3n) is 4.16. The maximum Gasteiger partial charge on any atom is 0.191 e. The Morgan fingerprint density at radius 1 is 1.04 bits per heavy atom. The molecule has 3 rings (SSSR count). The second-order valence-electron chi connectivity index (χ2n) is 5.98. The molecule has 5 heteroatoms. The predicted octanol–water partition coefficient (Wildman–Crippen LogP) is 3.48. The summed E-state index contributed by atoms with van der Waals surface area (Å²) < 4.78 is 10.7. The lowest BCUT2D eigenvalue weighted by Gasteiger charge is -2.25. The summed E-state index contributed by atoms with van der Waals surface area (Å²) in [5, 5.41) is 6.97. The van der Waals surface area contributed by atoms with Crippen molar-refractivity contribution in [3.05, 3.63) is 48.3 Å². The molecule has 0 atom stereocenters. The number of furan rings is 2. The lowest BCUT2D eigenvalue weighted by atomic mass is 9.96. The average molecular weight is 315 g/mol. The molecule has 2 aromatic heterocycles. The van der Waals surface area contributed by atoms with Crippen LogP contribution in [-0.2, 0) is 13.0 Å². The minimum absolute atomic E-state index is 0.523. The maximum absolute atomic E-state index is 5.37. The number of hydrogen-bond donors (Lipinski definition) is 2. The predicted molar refractivity (Wildman–Crippen MR) is 90.3 cm³/mol. The third kappa shape index (κ3) is 5.20. The van der Waals surface area contributed by atoms with Gasteiger partial charge < -0.3 is 19.5 Å². The van der Waals surface area contributed by atoms with Gasteiger partial charge in [0, 0.05) is 19.0 Å². The molecule has 2 heterocycles. The first kappa shape index (κ1) is 15.7. The van der Waals surface area contributed by atoms with Crippen LogP contribution in [-0.4, -0.2) is 18.5 Å². The molecule has 0 aromatic carbocycles. The summed E-state index contributed by atoms with van der Waals surface area (Å²) in [5.41, 5.74) is 0. The van der Waals surface area contributed by atoms with Gasteiger partial charge in [-0.2, -0.15) is 0 Å². The zero-order valence-electron chi connectivity index (χ0n) is 13.5. The van der Waals surface area contributed by atoms with Crippen LogP contribution < -0.4 is 10.6 Å². The topological polar surface area (TPSA) is 62.7 Å². The molecule has 124 valence electrons. The smallest absolute Gasteiger partial charge is 0.191 e. The van der Waals surface area contributed by atoms with Gasteiger partial charge in [-0.1, -0.05) is 19.3 Å². The van der Waals surface area contributed by atoms with Gasteiger partial charge in [-0.3, -0.25) is 0 Å². The van der Waals surface area contributed by atoms with E-state index >= 15 is 0 Å². The van der Waals surface area contributed by atoms with E-state index in [1.807, 2.05) is 24.3 Å². The molecule has 0 amide bonds. The van der Waals surface area contributed by atoms with Crippen molar-refractivity contribution in [2.75, 3.05) is 6.54 Å². The van der Waals surface area contributed by atoms with Crippen LogP contribution >= 0.6 is 0 Å². The molecule has 0 radical (unpaired) electrons. The van der Waals surface area contributed by atoms with Crippen LogP contribution in [0.2, 0.25) is 0 Å².